The molecule has 1 N–H and O–H groups in total. The largest absolute Gasteiger partial charge is 0.394 e. The van der Waals surface area contributed by atoms with E-state index in [9.17, 15) is 0 Å². The third-order valence-corrected chi connectivity index (χ3v) is 3.12. The van der Waals surface area contributed by atoms with Crippen molar-refractivity contribution in [2.45, 2.75) is 25.6 Å². The summed E-state index contributed by atoms with van der Waals surface area (Å²) in [5.41, 5.74) is 1.31. The first-order valence-electron chi connectivity index (χ1n) is 5.76. The average Bonchev–Trinajstić information content (AvgIpc) is 2.67. The van der Waals surface area contributed by atoms with Gasteiger partial charge in [-0.3, -0.25) is 4.90 Å². The van der Waals surface area contributed by atoms with Gasteiger partial charge in [0.25, 0.3) is 0 Å². The molecule has 0 aliphatic carbocycles. The van der Waals surface area contributed by atoms with E-state index in [4.69, 9.17) is 9.84 Å². The molecule has 1 aliphatic heterocycles. The van der Waals surface area contributed by atoms with Crippen LogP contribution in [0.2, 0.25) is 0 Å². The van der Waals surface area contributed by atoms with Gasteiger partial charge < -0.3 is 14.4 Å². The maximum atomic E-state index is 9.11. The van der Waals surface area contributed by atoms with E-state index in [1.54, 1.807) is 0 Å². The zero-order valence-corrected chi connectivity index (χ0v) is 9.97. The summed E-state index contributed by atoms with van der Waals surface area (Å²) in [6.45, 7) is 4.72. The van der Waals surface area contributed by atoms with E-state index >= 15 is 0 Å². The number of aliphatic hydroxyl groups is 1. The molecular weight excluding hydrogens is 204 g/mol. The van der Waals surface area contributed by atoms with Crippen molar-refractivity contribution in [1.29, 1.82) is 0 Å². The predicted molar refractivity (Wildman–Crippen MR) is 62.1 cm³/mol. The standard InChI is InChI=1S/C12H20N2O2/c1-10-9-16-12(8-15)7-14(10)6-11-3-4-13(2)5-11/h3-5,10,12,15H,6-9H2,1-2H3. The molecule has 0 aromatic carbocycles. The Morgan fingerprint density at radius 2 is 2.38 bits per heavy atom. The summed E-state index contributed by atoms with van der Waals surface area (Å²) < 4.78 is 7.58. The van der Waals surface area contributed by atoms with Crippen molar-refractivity contribution >= 4 is 0 Å². The SMILES string of the molecule is CC1COC(CO)CN1Cc1ccn(C)c1. The first kappa shape index (κ1) is 11.6. The van der Waals surface area contributed by atoms with E-state index in [2.05, 4.69) is 34.9 Å². The van der Waals surface area contributed by atoms with Crippen LogP contribution in [0.1, 0.15) is 12.5 Å². The van der Waals surface area contributed by atoms with Crippen LogP contribution in [0, 0.1) is 0 Å². The third-order valence-electron chi connectivity index (χ3n) is 3.12. The van der Waals surface area contributed by atoms with Crippen LogP contribution in [0.15, 0.2) is 18.5 Å². The van der Waals surface area contributed by atoms with E-state index in [-0.39, 0.29) is 12.7 Å². The minimum absolute atomic E-state index is 0.0279. The van der Waals surface area contributed by atoms with Gasteiger partial charge in [-0.15, -0.1) is 0 Å². The topological polar surface area (TPSA) is 37.6 Å². The molecule has 0 saturated carbocycles. The highest BCUT2D eigenvalue weighted by molar-refractivity contribution is 5.10. The molecule has 4 nitrogen and oxygen atoms in total. The highest BCUT2D eigenvalue weighted by Gasteiger charge is 2.25. The molecular formula is C12H20N2O2. The van der Waals surface area contributed by atoms with Crippen LogP contribution >= 0.6 is 0 Å². The van der Waals surface area contributed by atoms with Crippen LogP contribution in [0.4, 0.5) is 0 Å². The Labute approximate surface area is 96.4 Å². The van der Waals surface area contributed by atoms with Gasteiger partial charge in [-0.2, -0.15) is 0 Å². The van der Waals surface area contributed by atoms with Gasteiger partial charge in [0.1, 0.15) is 0 Å². The van der Waals surface area contributed by atoms with Gasteiger partial charge in [-0.05, 0) is 18.6 Å². The highest BCUT2D eigenvalue weighted by Crippen LogP contribution is 2.15. The lowest BCUT2D eigenvalue weighted by molar-refractivity contribution is -0.0805. The summed E-state index contributed by atoms with van der Waals surface area (Å²) in [7, 11) is 2.03. The molecule has 90 valence electrons. The number of hydrogen-bond donors (Lipinski definition) is 1. The molecule has 1 fully saturated rings. The Balaban J connectivity index is 1.96. The van der Waals surface area contributed by atoms with E-state index in [1.807, 2.05) is 7.05 Å². The van der Waals surface area contributed by atoms with Crippen LogP contribution in [0.25, 0.3) is 0 Å². The number of aliphatic hydroxyl groups excluding tert-OH is 1. The Kier molecular flexibility index (Phi) is 3.63. The number of nitrogens with zero attached hydrogens (tertiary/aromatic N) is 2. The zero-order chi connectivity index (χ0) is 11.5. The van der Waals surface area contributed by atoms with Crippen LogP contribution in [0.3, 0.4) is 0 Å². The molecule has 1 aromatic heterocycles. The first-order chi connectivity index (χ1) is 7.69. The number of aryl methyl sites for hydroxylation is 1. The second-order valence-electron chi connectivity index (χ2n) is 4.60. The normalized spacial score (nSPS) is 27.2. The van der Waals surface area contributed by atoms with Crippen molar-refractivity contribution < 1.29 is 9.84 Å². The predicted octanol–water partition coefficient (Wildman–Crippen LogP) is 0.607. The molecule has 4 heteroatoms. The Hall–Kier alpha value is -0.840. The van der Waals surface area contributed by atoms with Crippen molar-refractivity contribution in [2.75, 3.05) is 19.8 Å². The minimum Gasteiger partial charge on any atom is -0.394 e. The Bertz CT molecular complexity index is 338. The number of morpholine rings is 1. The molecule has 0 radical (unpaired) electrons. The minimum atomic E-state index is -0.0279. The molecule has 2 atom stereocenters. The fraction of sp³-hybridized carbons (Fsp3) is 0.667. The van der Waals surface area contributed by atoms with Gasteiger partial charge in [0.05, 0.1) is 19.3 Å². The van der Waals surface area contributed by atoms with Crippen molar-refractivity contribution in [2.24, 2.45) is 7.05 Å². The maximum absolute atomic E-state index is 9.11. The van der Waals surface area contributed by atoms with E-state index in [1.165, 1.54) is 5.56 Å². The summed E-state index contributed by atoms with van der Waals surface area (Å²) in [5, 5.41) is 9.11. The third kappa shape index (κ3) is 2.64. The van der Waals surface area contributed by atoms with Crippen LogP contribution < -0.4 is 0 Å². The number of aromatic nitrogens is 1. The highest BCUT2D eigenvalue weighted by atomic mass is 16.5. The average molecular weight is 224 g/mol. The molecule has 1 aromatic rings. The van der Waals surface area contributed by atoms with Gasteiger partial charge in [-0.1, -0.05) is 0 Å². The van der Waals surface area contributed by atoms with Crippen LogP contribution in [-0.4, -0.2) is 46.5 Å². The second-order valence-corrected chi connectivity index (χ2v) is 4.60. The monoisotopic (exact) mass is 224 g/mol. The molecule has 0 amide bonds. The lowest BCUT2D eigenvalue weighted by atomic mass is 10.2. The summed E-state index contributed by atoms with van der Waals surface area (Å²) in [5.74, 6) is 0. The molecule has 16 heavy (non-hydrogen) atoms. The van der Waals surface area contributed by atoms with E-state index in [0.717, 1.165) is 13.1 Å². The molecule has 2 unspecified atom stereocenters. The molecule has 0 spiro atoms. The van der Waals surface area contributed by atoms with Crippen molar-refractivity contribution in [3.05, 3.63) is 24.0 Å². The quantitative estimate of drug-likeness (QED) is 0.817. The number of hydrogen-bond acceptors (Lipinski definition) is 3. The Morgan fingerprint density at radius 1 is 1.56 bits per heavy atom. The van der Waals surface area contributed by atoms with Gasteiger partial charge in [0.15, 0.2) is 0 Å². The summed E-state index contributed by atoms with van der Waals surface area (Å²) in [6.07, 6.45) is 4.17. The van der Waals surface area contributed by atoms with Crippen LogP contribution in [0.5, 0.6) is 0 Å². The summed E-state index contributed by atoms with van der Waals surface area (Å²) in [6, 6.07) is 2.55. The fourth-order valence-electron chi connectivity index (χ4n) is 2.09. The fourth-order valence-corrected chi connectivity index (χ4v) is 2.09. The first-order valence-corrected chi connectivity index (χ1v) is 5.76. The summed E-state index contributed by atoms with van der Waals surface area (Å²) >= 11 is 0. The van der Waals surface area contributed by atoms with Crippen molar-refractivity contribution in [3.8, 4) is 0 Å². The Morgan fingerprint density at radius 3 is 3.00 bits per heavy atom. The number of ether oxygens (including phenoxy) is 1. The van der Waals surface area contributed by atoms with Gasteiger partial charge in [0, 0.05) is 38.6 Å². The van der Waals surface area contributed by atoms with Gasteiger partial charge >= 0.3 is 0 Å². The van der Waals surface area contributed by atoms with Crippen molar-refractivity contribution in [1.82, 2.24) is 9.47 Å². The van der Waals surface area contributed by atoms with Gasteiger partial charge in [-0.25, -0.2) is 0 Å². The maximum Gasteiger partial charge on any atom is 0.0933 e. The number of rotatable bonds is 3. The second kappa shape index (κ2) is 4.99. The molecule has 2 rings (SSSR count). The molecule has 0 bridgehead atoms. The van der Waals surface area contributed by atoms with Gasteiger partial charge in [0.2, 0.25) is 0 Å². The zero-order valence-electron chi connectivity index (χ0n) is 9.97. The molecule has 1 aliphatic rings. The van der Waals surface area contributed by atoms with Crippen LogP contribution in [-0.2, 0) is 18.3 Å². The van der Waals surface area contributed by atoms with Crippen molar-refractivity contribution in [3.63, 3.8) is 0 Å². The molecule has 1 saturated heterocycles. The smallest absolute Gasteiger partial charge is 0.0933 e. The van der Waals surface area contributed by atoms with E-state index in [0.29, 0.717) is 12.6 Å². The lowest BCUT2D eigenvalue weighted by Crippen LogP contribution is -2.48. The summed E-state index contributed by atoms with van der Waals surface area (Å²) in [4.78, 5) is 2.36. The molecule has 2 heterocycles. The lowest BCUT2D eigenvalue weighted by Gasteiger charge is -2.37. The van der Waals surface area contributed by atoms with E-state index < -0.39 is 0 Å².